The highest BCUT2D eigenvalue weighted by Gasteiger charge is 2.24. The number of nitrogens with one attached hydrogen (secondary N) is 1. The second kappa shape index (κ2) is 4.97. The van der Waals surface area contributed by atoms with Gasteiger partial charge in [0.15, 0.2) is 0 Å². The van der Waals surface area contributed by atoms with Crippen molar-refractivity contribution in [2.75, 3.05) is 26.2 Å². The molecule has 1 aromatic heterocycles. The first-order chi connectivity index (χ1) is 7.65. The number of aryl methyl sites for hydroxylation is 1. The summed E-state index contributed by atoms with van der Waals surface area (Å²) in [5.41, 5.74) is 1.10. The summed E-state index contributed by atoms with van der Waals surface area (Å²) in [4.78, 5) is 10.1. The fourth-order valence-corrected chi connectivity index (χ4v) is 2.15. The van der Waals surface area contributed by atoms with Gasteiger partial charge in [0.05, 0.1) is 6.61 Å². The van der Waals surface area contributed by atoms with Crippen LogP contribution in [0.1, 0.15) is 31.5 Å². The Morgan fingerprint density at radius 2 is 2.44 bits per heavy atom. The van der Waals surface area contributed by atoms with Gasteiger partial charge < -0.3 is 9.72 Å². The maximum atomic E-state index is 5.75. The average molecular weight is 223 g/mol. The number of ether oxygens (including phenoxy) is 1. The van der Waals surface area contributed by atoms with Crippen molar-refractivity contribution in [3.8, 4) is 0 Å². The molecule has 1 aromatic rings. The summed E-state index contributed by atoms with van der Waals surface area (Å²) in [6, 6.07) is 0. The van der Waals surface area contributed by atoms with Crippen molar-refractivity contribution in [3.63, 3.8) is 0 Å². The summed E-state index contributed by atoms with van der Waals surface area (Å²) in [5, 5.41) is 0. The van der Waals surface area contributed by atoms with Crippen LogP contribution in [0, 0.1) is 12.8 Å². The average Bonchev–Trinajstić information content (AvgIpc) is 2.64. The van der Waals surface area contributed by atoms with Crippen molar-refractivity contribution in [2.24, 2.45) is 5.92 Å². The molecule has 0 bridgehead atoms. The Morgan fingerprint density at radius 1 is 1.62 bits per heavy atom. The molecule has 2 rings (SSSR count). The minimum absolute atomic E-state index is 0.112. The molecule has 4 heteroatoms. The largest absolute Gasteiger partial charge is 0.368 e. The van der Waals surface area contributed by atoms with Gasteiger partial charge in [-0.2, -0.15) is 0 Å². The van der Waals surface area contributed by atoms with Gasteiger partial charge in [0, 0.05) is 31.5 Å². The molecular formula is C12H21N3O. The smallest absolute Gasteiger partial charge is 0.136 e. The molecule has 16 heavy (non-hydrogen) atoms. The molecule has 0 amide bonds. The van der Waals surface area contributed by atoms with E-state index in [-0.39, 0.29) is 6.10 Å². The van der Waals surface area contributed by atoms with Gasteiger partial charge in [-0.05, 0) is 12.8 Å². The molecule has 4 nitrogen and oxygen atoms in total. The van der Waals surface area contributed by atoms with Gasteiger partial charge in [-0.25, -0.2) is 4.98 Å². The zero-order valence-corrected chi connectivity index (χ0v) is 10.4. The van der Waals surface area contributed by atoms with Gasteiger partial charge >= 0.3 is 0 Å². The Hall–Kier alpha value is -0.870. The summed E-state index contributed by atoms with van der Waals surface area (Å²) in [7, 11) is 0. The lowest BCUT2D eigenvalue weighted by atomic mass is 10.2. The van der Waals surface area contributed by atoms with E-state index in [4.69, 9.17) is 4.74 Å². The van der Waals surface area contributed by atoms with Gasteiger partial charge in [-0.3, -0.25) is 4.90 Å². The molecule has 1 saturated heterocycles. The SMILES string of the molecule is Cc1cnc(C2CN(CC(C)C)CCO2)[nH]1. The van der Waals surface area contributed by atoms with Gasteiger partial charge in [0.2, 0.25) is 0 Å². The van der Waals surface area contributed by atoms with E-state index in [0.29, 0.717) is 5.92 Å². The van der Waals surface area contributed by atoms with Crippen molar-refractivity contribution in [1.29, 1.82) is 0 Å². The van der Waals surface area contributed by atoms with E-state index in [0.717, 1.165) is 37.8 Å². The topological polar surface area (TPSA) is 41.2 Å². The molecule has 1 atom stereocenters. The van der Waals surface area contributed by atoms with Gasteiger partial charge in [0.1, 0.15) is 11.9 Å². The predicted molar refractivity (Wildman–Crippen MR) is 63.3 cm³/mol. The van der Waals surface area contributed by atoms with Crippen LogP contribution in [-0.2, 0) is 4.74 Å². The lowest BCUT2D eigenvalue weighted by molar-refractivity contribution is -0.0371. The zero-order chi connectivity index (χ0) is 11.5. The molecule has 90 valence electrons. The van der Waals surface area contributed by atoms with Crippen molar-refractivity contribution in [3.05, 3.63) is 17.7 Å². The lowest BCUT2D eigenvalue weighted by Gasteiger charge is -2.32. The van der Waals surface area contributed by atoms with Crippen molar-refractivity contribution in [1.82, 2.24) is 14.9 Å². The Morgan fingerprint density at radius 3 is 3.06 bits per heavy atom. The fourth-order valence-electron chi connectivity index (χ4n) is 2.15. The maximum Gasteiger partial charge on any atom is 0.136 e. The molecule has 1 aliphatic rings. The first-order valence-electron chi connectivity index (χ1n) is 6.00. The number of nitrogens with zero attached hydrogens (tertiary/aromatic N) is 2. The molecule has 1 N–H and O–H groups in total. The Labute approximate surface area is 97.0 Å². The number of rotatable bonds is 3. The number of aromatic amines is 1. The van der Waals surface area contributed by atoms with Crippen LogP contribution in [0.5, 0.6) is 0 Å². The minimum atomic E-state index is 0.112. The van der Waals surface area contributed by atoms with Crippen molar-refractivity contribution in [2.45, 2.75) is 26.9 Å². The van der Waals surface area contributed by atoms with Crippen LogP contribution in [0.3, 0.4) is 0 Å². The van der Waals surface area contributed by atoms with Crippen LogP contribution < -0.4 is 0 Å². The van der Waals surface area contributed by atoms with Gasteiger partial charge in [-0.15, -0.1) is 0 Å². The molecule has 0 saturated carbocycles. The molecule has 1 aliphatic heterocycles. The fraction of sp³-hybridized carbons (Fsp3) is 0.750. The quantitative estimate of drug-likeness (QED) is 0.848. The van der Waals surface area contributed by atoms with E-state index in [2.05, 4.69) is 28.7 Å². The molecule has 2 heterocycles. The van der Waals surface area contributed by atoms with E-state index >= 15 is 0 Å². The Kier molecular flexibility index (Phi) is 3.61. The Bertz CT molecular complexity index is 335. The first kappa shape index (κ1) is 11.6. The van der Waals surface area contributed by atoms with E-state index < -0.39 is 0 Å². The number of aromatic nitrogens is 2. The molecular weight excluding hydrogens is 202 g/mol. The summed E-state index contributed by atoms with van der Waals surface area (Å²) in [6.07, 6.45) is 1.97. The number of hydrogen-bond acceptors (Lipinski definition) is 3. The third kappa shape index (κ3) is 2.83. The number of H-pyrrole nitrogens is 1. The van der Waals surface area contributed by atoms with Crippen LogP contribution in [-0.4, -0.2) is 41.1 Å². The maximum absolute atomic E-state index is 5.75. The number of hydrogen-bond donors (Lipinski definition) is 1. The summed E-state index contributed by atoms with van der Waals surface area (Å²) >= 11 is 0. The second-order valence-electron chi connectivity index (χ2n) is 4.96. The zero-order valence-electron chi connectivity index (χ0n) is 10.4. The standard InChI is InChI=1S/C12H21N3O/c1-9(2)7-15-4-5-16-11(8-15)12-13-6-10(3)14-12/h6,9,11H,4-5,7-8H2,1-3H3,(H,13,14). The van der Waals surface area contributed by atoms with E-state index in [1.165, 1.54) is 0 Å². The molecule has 0 spiro atoms. The van der Waals surface area contributed by atoms with Crippen LogP contribution in [0.4, 0.5) is 0 Å². The van der Waals surface area contributed by atoms with Gasteiger partial charge in [0.25, 0.3) is 0 Å². The van der Waals surface area contributed by atoms with Crippen LogP contribution in [0.25, 0.3) is 0 Å². The number of imidazole rings is 1. The van der Waals surface area contributed by atoms with Crippen molar-refractivity contribution >= 4 is 0 Å². The van der Waals surface area contributed by atoms with Gasteiger partial charge in [-0.1, -0.05) is 13.8 Å². The summed E-state index contributed by atoms with van der Waals surface area (Å²) < 4.78 is 5.75. The molecule has 0 radical (unpaired) electrons. The van der Waals surface area contributed by atoms with E-state index in [9.17, 15) is 0 Å². The molecule has 0 aliphatic carbocycles. The molecule has 1 unspecified atom stereocenters. The second-order valence-corrected chi connectivity index (χ2v) is 4.96. The predicted octanol–water partition coefficient (Wildman–Crippen LogP) is 1.75. The van der Waals surface area contributed by atoms with Crippen LogP contribution in [0.15, 0.2) is 6.20 Å². The highest BCUT2D eigenvalue weighted by Crippen LogP contribution is 2.20. The molecule has 1 fully saturated rings. The highest BCUT2D eigenvalue weighted by molar-refractivity contribution is 5.02. The monoisotopic (exact) mass is 223 g/mol. The highest BCUT2D eigenvalue weighted by atomic mass is 16.5. The normalized spacial score (nSPS) is 22.9. The molecule has 0 aromatic carbocycles. The lowest BCUT2D eigenvalue weighted by Crippen LogP contribution is -2.40. The van der Waals surface area contributed by atoms with Crippen molar-refractivity contribution < 1.29 is 4.74 Å². The third-order valence-electron chi connectivity index (χ3n) is 2.80. The first-order valence-corrected chi connectivity index (χ1v) is 6.00. The van der Waals surface area contributed by atoms with E-state index in [1.54, 1.807) is 0 Å². The van der Waals surface area contributed by atoms with Crippen LogP contribution >= 0.6 is 0 Å². The number of morpholine rings is 1. The summed E-state index contributed by atoms with van der Waals surface area (Å²) in [5.74, 6) is 1.67. The third-order valence-corrected chi connectivity index (χ3v) is 2.80. The van der Waals surface area contributed by atoms with Crippen LogP contribution in [0.2, 0.25) is 0 Å². The minimum Gasteiger partial charge on any atom is -0.368 e. The van der Waals surface area contributed by atoms with E-state index in [1.807, 2.05) is 13.1 Å². The Balaban J connectivity index is 1.96. The summed E-state index contributed by atoms with van der Waals surface area (Å²) in [6.45, 7) is 10.4.